The third-order valence-corrected chi connectivity index (χ3v) is 4.47. The van der Waals surface area contributed by atoms with Crippen LogP contribution < -0.4 is 10.1 Å². The summed E-state index contributed by atoms with van der Waals surface area (Å²) in [7, 11) is -1.70. The summed E-state index contributed by atoms with van der Waals surface area (Å²) in [6, 6.07) is 10.4. The van der Waals surface area contributed by atoms with Crippen molar-refractivity contribution in [3.63, 3.8) is 0 Å². The topological polar surface area (TPSA) is 88.6 Å². The quantitative estimate of drug-likeness (QED) is 0.818. The Kier molecular flexibility index (Phi) is 5.88. The third-order valence-electron chi connectivity index (χ3n) is 3.21. The second kappa shape index (κ2) is 7.89. The lowest BCUT2D eigenvalue weighted by atomic mass is 10.2. The van der Waals surface area contributed by atoms with Crippen molar-refractivity contribution in [3.8, 4) is 5.75 Å². The van der Waals surface area contributed by atoms with Gasteiger partial charge in [0, 0.05) is 19.8 Å². The van der Waals surface area contributed by atoms with Crippen molar-refractivity contribution < 1.29 is 17.9 Å². The zero-order chi connectivity index (χ0) is 17.6. The number of pyridine rings is 1. The predicted octanol–water partition coefficient (Wildman–Crippen LogP) is 1.49. The lowest BCUT2D eigenvalue weighted by Gasteiger charge is -2.14. The van der Waals surface area contributed by atoms with Crippen molar-refractivity contribution in [2.24, 2.45) is 0 Å². The van der Waals surface area contributed by atoms with Gasteiger partial charge in [-0.1, -0.05) is 12.1 Å². The van der Waals surface area contributed by atoms with Crippen LogP contribution >= 0.6 is 0 Å². The van der Waals surface area contributed by atoms with Gasteiger partial charge in [-0.15, -0.1) is 0 Å². The van der Waals surface area contributed by atoms with Crippen molar-refractivity contribution in [1.29, 1.82) is 0 Å². The minimum atomic E-state index is -3.22. The monoisotopic (exact) mass is 349 g/mol. The molecule has 24 heavy (non-hydrogen) atoms. The van der Waals surface area contributed by atoms with E-state index in [0.29, 0.717) is 11.4 Å². The summed E-state index contributed by atoms with van der Waals surface area (Å²) in [5, 5.41) is 2.67. The Morgan fingerprint density at radius 2 is 1.96 bits per heavy atom. The molecule has 0 aliphatic heterocycles. The van der Waals surface area contributed by atoms with Gasteiger partial charge in [0.05, 0.1) is 18.1 Å². The number of aromatic nitrogens is 1. The number of rotatable bonds is 7. The Morgan fingerprint density at radius 1 is 1.25 bits per heavy atom. The van der Waals surface area contributed by atoms with Gasteiger partial charge in [-0.05, 0) is 29.8 Å². The van der Waals surface area contributed by atoms with E-state index >= 15 is 0 Å². The maximum absolute atomic E-state index is 11.8. The minimum Gasteiger partial charge on any atom is -0.484 e. The van der Waals surface area contributed by atoms with Crippen LogP contribution in [0, 0.1) is 0 Å². The second-order valence-corrected chi connectivity index (χ2v) is 7.33. The van der Waals surface area contributed by atoms with Gasteiger partial charge < -0.3 is 10.1 Å². The first-order chi connectivity index (χ1) is 11.3. The smallest absolute Gasteiger partial charge is 0.262 e. The largest absolute Gasteiger partial charge is 0.484 e. The molecule has 0 aliphatic rings. The number of anilines is 1. The van der Waals surface area contributed by atoms with Gasteiger partial charge in [0.1, 0.15) is 5.75 Å². The molecule has 0 unspecified atom stereocenters. The van der Waals surface area contributed by atoms with Gasteiger partial charge in [0.25, 0.3) is 5.91 Å². The van der Waals surface area contributed by atoms with E-state index in [-0.39, 0.29) is 19.1 Å². The molecule has 1 aromatic heterocycles. The number of benzene rings is 1. The number of nitrogens with zero attached hydrogens (tertiary/aromatic N) is 2. The molecule has 0 saturated carbocycles. The first-order valence-electron chi connectivity index (χ1n) is 7.17. The van der Waals surface area contributed by atoms with Crippen LogP contribution in [0.25, 0.3) is 0 Å². The second-order valence-electron chi connectivity index (χ2n) is 5.24. The van der Waals surface area contributed by atoms with Gasteiger partial charge in [0.2, 0.25) is 10.0 Å². The highest BCUT2D eigenvalue weighted by molar-refractivity contribution is 7.88. The average molecular weight is 349 g/mol. The highest BCUT2D eigenvalue weighted by Crippen LogP contribution is 2.14. The molecule has 1 heterocycles. The van der Waals surface area contributed by atoms with Crippen LogP contribution in [-0.4, -0.2) is 43.5 Å². The Bertz CT molecular complexity index is 777. The lowest BCUT2D eigenvalue weighted by Crippen LogP contribution is -2.24. The Labute approximate surface area is 141 Å². The van der Waals surface area contributed by atoms with Crippen LogP contribution in [0.2, 0.25) is 0 Å². The number of ether oxygens (including phenoxy) is 1. The predicted molar refractivity (Wildman–Crippen MR) is 91.1 cm³/mol. The van der Waals surface area contributed by atoms with Crippen LogP contribution in [0.1, 0.15) is 5.56 Å². The summed E-state index contributed by atoms with van der Waals surface area (Å²) in [6.45, 7) is 0.151. The molecule has 0 radical (unpaired) electrons. The van der Waals surface area contributed by atoms with E-state index < -0.39 is 10.0 Å². The van der Waals surface area contributed by atoms with Crippen LogP contribution in [0.3, 0.4) is 0 Å². The third kappa shape index (κ3) is 5.64. The van der Waals surface area contributed by atoms with Crippen LogP contribution in [0.4, 0.5) is 5.69 Å². The summed E-state index contributed by atoms with van der Waals surface area (Å²) >= 11 is 0. The Balaban J connectivity index is 1.84. The van der Waals surface area contributed by atoms with Gasteiger partial charge in [-0.3, -0.25) is 9.78 Å². The van der Waals surface area contributed by atoms with Crippen molar-refractivity contribution in [3.05, 3.63) is 54.4 Å². The molecule has 0 bridgehead atoms. The van der Waals surface area contributed by atoms with Gasteiger partial charge in [-0.25, -0.2) is 12.7 Å². The summed E-state index contributed by atoms with van der Waals surface area (Å²) in [4.78, 5) is 15.7. The molecule has 0 aliphatic carbocycles. The van der Waals surface area contributed by atoms with Crippen LogP contribution in [-0.2, 0) is 21.4 Å². The molecule has 0 saturated heterocycles. The van der Waals surface area contributed by atoms with Crippen molar-refractivity contribution in [1.82, 2.24) is 9.29 Å². The zero-order valence-corrected chi connectivity index (χ0v) is 14.3. The first-order valence-corrected chi connectivity index (χ1v) is 9.02. The molecule has 1 N–H and O–H groups in total. The fraction of sp³-hybridized carbons (Fsp3) is 0.250. The van der Waals surface area contributed by atoms with E-state index in [0.717, 1.165) is 11.8 Å². The fourth-order valence-corrected chi connectivity index (χ4v) is 2.23. The normalized spacial score (nSPS) is 11.3. The SMILES string of the molecule is CN(Cc1ccc(OCC(=O)Nc2cccnc2)cc1)S(C)(=O)=O. The Morgan fingerprint density at radius 3 is 2.54 bits per heavy atom. The van der Waals surface area contributed by atoms with Gasteiger partial charge in [0.15, 0.2) is 6.61 Å². The molecule has 1 amide bonds. The van der Waals surface area contributed by atoms with E-state index in [1.54, 1.807) is 48.8 Å². The number of carbonyl (C=O) groups excluding carboxylic acids is 1. The highest BCUT2D eigenvalue weighted by atomic mass is 32.2. The van der Waals surface area contributed by atoms with E-state index in [4.69, 9.17) is 4.74 Å². The highest BCUT2D eigenvalue weighted by Gasteiger charge is 2.11. The van der Waals surface area contributed by atoms with Crippen LogP contribution in [0.5, 0.6) is 5.75 Å². The molecule has 0 atom stereocenters. The van der Waals surface area contributed by atoms with Crippen molar-refractivity contribution in [2.75, 3.05) is 25.2 Å². The first kappa shape index (κ1) is 17.9. The number of amides is 1. The number of sulfonamides is 1. The molecule has 128 valence electrons. The fourth-order valence-electron chi connectivity index (χ4n) is 1.85. The molecular formula is C16H19N3O4S. The maximum Gasteiger partial charge on any atom is 0.262 e. The van der Waals surface area contributed by atoms with Gasteiger partial charge >= 0.3 is 0 Å². The summed E-state index contributed by atoms with van der Waals surface area (Å²) in [5.74, 6) is 0.242. The van der Waals surface area contributed by atoms with E-state index in [1.165, 1.54) is 11.4 Å². The molecular weight excluding hydrogens is 330 g/mol. The summed E-state index contributed by atoms with van der Waals surface area (Å²) < 4.78 is 29.4. The van der Waals surface area contributed by atoms with Crippen molar-refractivity contribution >= 4 is 21.6 Å². The standard InChI is InChI=1S/C16H19N3O4S/c1-19(24(2,21)22)11-13-5-7-15(8-6-13)23-12-16(20)18-14-4-3-9-17-10-14/h3-10H,11-12H2,1-2H3,(H,18,20). The molecule has 8 heteroatoms. The molecule has 0 fully saturated rings. The summed E-state index contributed by atoms with van der Waals surface area (Å²) in [5.41, 5.74) is 1.43. The van der Waals surface area contributed by atoms with E-state index in [2.05, 4.69) is 10.3 Å². The summed E-state index contributed by atoms with van der Waals surface area (Å²) in [6.07, 6.45) is 4.32. The molecule has 2 aromatic rings. The van der Waals surface area contributed by atoms with Crippen LogP contribution in [0.15, 0.2) is 48.8 Å². The van der Waals surface area contributed by atoms with Crippen molar-refractivity contribution in [2.45, 2.75) is 6.54 Å². The zero-order valence-electron chi connectivity index (χ0n) is 13.5. The number of hydrogen-bond donors (Lipinski definition) is 1. The lowest BCUT2D eigenvalue weighted by molar-refractivity contribution is -0.118. The van der Waals surface area contributed by atoms with E-state index in [9.17, 15) is 13.2 Å². The van der Waals surface area contributed by atoms with Gasteiger partial charge in [-0.2, -0.15) is 0 Å². The number of carbonyl (C=O) groups is 1. The average Bonchev–Trinajstić information content (AvgIpc) is 2.54. The minimum absolute atomic E-state index is 0.127. The maximum atomic E-state index is 11.8. The Hall–Kier alpha value is -2.45. The molecule has 1 aromatic carbocycles. The molecule has 7 nitrogen and oxygen atoms in total. The number of nitrogens with one attached hydrogen (secondary N) is 1. The number of hydrogen-bond acceptors (Lipinski definition) is 5. The molecule has 0 spiro atoms. The molecule has 2 rings (SSSR count). The van der Waals surface area contributed by atoms with E-state index in [1.807, 2.05) is 0 Å².